The Morgan fingerprint density at radius 2 is 1.48 bits per heavy atom. The molecule has 0 aliphatic heterocycles. The molecule has 3 nitrogen and oxygen atoms in total. The molecule has 0 fully saturated rings. The lowest BCUT2D eigenvalue weighted by Gasteiger charge is -2.03. The molecule has 0 saturated carbocycles. The summed E-state index contributed by atoms with van der Waals surface area (Å²) in [4.78, 5) is 4.73. The number of allylic oxidation sites excluding steroid dienone is 2. The molecule has 29 heavy (non-hydrogen) atoms. The summed E-state index contributed by atoms with van der Waals surface area (Å²) in [5.41, 5.74) is 2.85. The molecule has 0 amide bonds. The van der Waals surface area contributed by atoms with Crippen LogP contribution in [0.15, 0.2) is 77.2 Å². The van der Waals surface area contributed by atoms with Crippen molar-refractivity contribution in [2.24, 2.45) is 0 Å². The van der Waals surface area contributed by atoms with Crippen molar-refractivity contribution >= 4 is 0 Å². The molecule has 3 heteroatoms. The van der Waals surface area contributed by atoms with E-state index in [1.165, 1.54) is 25.7 Å². The number of hydrogen-bond acceptors (Lipinski definition) is 3. The molecular weight excluding hydrogens is 358 g/mol. The molecule has 1 aromatic heterocycles. The normalized spacial score (nSPS) is 11.3. The fraction of sp³-hybridized carbons (Fsp3) is 0.346. The second-order valence-electron chi connectivity index (χ2n) is 7.19. The second kappa shape index (κ2) is 12.0. The van der Waals surface area contributed by atoms with Gasteiger partial charge in [-0.05, 0) is 37.8 Å². The van der Waals surface area contributed by atoms with Gasteiger partial charge in [0.2, 0.25) is 5.89 Å². The van der Waals surface area contributed by atoms with Crippen LogP contribution in [0.4, 0.5) is 0 Å². The van der Waals surface area contributed by atoms with Crippen molar-refractivity contribution in [1.82, 2.24) is 4.98 Å². The minimum atomic E-state index is 0.459. The van der Waals surface area contributed by atoms with Crippen molar-refractivity contribution in [3.05, 3.63) is 78.5 Å². The topological polar surface area (TPSA) is 35.3 Å². The lowest BCUT2D eigenvalue weighted by atomic mass is 10.1. The summed E-state index contributed by atoms with van der Waals surface area (Å²) < 4.78 is 12.0. The minimum Gasteiger partial charge on any atom is -0.436 e. The van der Waals surface area contributed by atoms with E-state index >= 15 is 0 Å². The van der Waals surface area contributed by atoms with E-state index < -0.39 is 0 Å². The van der Waals surface area contributed by atoms with Crippen LogP contribution in [-0.2, 0) is 11.3 Å². The Labute approximate surface area is 174 Å². The molecule has 0 aliphatic carbocycles. The molecule has 0 bridgehead atoms. The maximum absolute atomic E-state index is 6.13. The van der Waals surface area contributed by atoms with E-state index in [-0.39, 0.29) is 0 Å². The number of hydrogen-bond donors (Lipinski definition) is 0. The van der Waals surface area contributed by atoms with Gasteiger partial charge in [-0.1, -0.05) is 80.4 Å². The van der Waals surface area contributed by atoms with Crippen LogP contribution in [-0.4, -0.2) is 11.6 Å². The molecule has 0 spiro atoms. The molecule has 1 heterocycles. The van der Waals surface area contributed by atoms with Gasteiger partial charge in [-0.25, -0.2) is 4.98 Å². The average Bonchev–Trinajstić information content (AvgIpc) is 3.20. The quantitative estimate of drug-likeness (QED) is 0.238. The fourth-order valence-electron chi connectivity index (χ4n) is 3.19. The SMILES string of the molecule is CCCCC/C=C/CCCOCc1nc(-c2ccccc2)oc1-c1ccccc1. The Bertz CT molecular complexity index is 853. The molecular formula is C26H31NO2. The van der Waals surface area contributed by atoms with Crippen molar-refractivity contribution in [2.45, 2.75) is 52.1 Å². The van der Waals surface area contributed by atoms with Crippen LogP contribution >= 0.6 is 0 Å². The van der Waals surface area contributed by atoms with E-state index in [0.29, 0.717) is 12.5 Å². The van der Waals surface area contributed by atoms with E-state index in [4.69, 9.17) is 14.1 Å². The van der Waals surface area contributed by atoms with Gasteiger partial charge in [-0.3, -0.25) is 0 Å². The van der Waals surface area contributed by atoms with Gasteiger partial charge < -0.3 is 9.15 Å². The highest BCUT2D eigenvalue weighted by Gasteiger charge is 2.16. The number of unbranched alkanes of at least 4 members (excludes halogenated alkanes) is 4. The molecule has 0 saturated heterocycles. The van der Waals surface area contributed by atoms with E-state index in [1.54, 1.807) is 0 Å². The Morgan fingerprint density at radius 1 is 0.828 bits per heavy atom. The van der Waals surface area contributed by atoms with Gasteiger partial charge in [0.25, 0.3) is 0 Å². The molecule has 0 aliphatic rings. The molecule has 0 radical (unpaired) electrons. The summed E-state index contributed by atoms with van der Waals surface area (Å²) in [6.45, 7) is 3.42. The molecule has 3 aromatic rings. The summed E-state index contributed by atoms with van der Waals surface area (Å²) in [7, 11) is 0. The van der Waals surface area contributed by atoms with Gasteiger partial charge >= 0.3 is 0 Å². The molecule has 0 N–H and O–H groups in total. The van der Waals surface area contributed by atoms with Gasteiger partial charge in [0.1, 0.15) is 5.69 Å². The van der Waals surface area contributed by atoms with Crippen molar-refractivity contribution in [1.29, 1.82) is 0 Å². The monoisotopic (exact) mass is 389 g/mol. The molecule has 152 valence electrons. The van der Waals surface area contributed by atoms with Crippen LogP contribution in [0.25, 0.3) is 22.8 Å². The highest BCUT2D eigenvalue weighted by molar-refractivity contribution is 5.64. The van der Waals surface area contributed by atoms with Crippen LogP contribution in [0, 0.1) is 0 Å². The van der Waals surface area contributed by atoms with Crippen LogP contribution in [0.5, 0.6) is 0 Å². The summed E-state index contributed by atoms with van der Waals surface area (Å²) in [6.07, 6.45) is 11.7. The van der Waals surface area contributed by atoms with E-state index in [9.17, 15) is 0 Å². The fourth-order valence-corrected chi connectivity index (χ4v) is 3.19. The van der Waals surface area contributed by atoms with Crippen molar-refractivity contribution in [2.75, 3.05) is 6.61 Å². The average molecular weight is 390 g/mol. The number of ether oxygens (including phenoxy) is 1. The number of benzene rings is 2. The Hall–Kier alpha value is -2.65. The largest absolute Gasteiger partial charge is 0.436 e. The zero-order chi connectivity index (χ0) is 20.2. The second-order valence-corrected chi connectivity index (χ2v) is 7.19. The Morgan fingerprint density at radius 3 is 2.17 bits per heavy atom. The van der Waals surface area contributed by atoms with Crippen molar-refractivity contribution in [3.8, 4) is 22.8 Å². The third-order valence-corrected chi connectivity index (χ3v) is 4.79. The minimum absolute atomic E-state index is 0.459. The molecule has 3 rings (SSSR count). The Kier molecular flexibility index (Phi) is 8.74. The number of aromatic nitrogens is 1. The first kappa shape index (κ1) is 21.1. The Balaban J connectivity index is 1.56. The van der Waals surface area contributed by atoms with Crippen molar-refractivity contribution in [3.63, 3.8) is 0 Å². The summed E-state index contributed by atoms with van der Waals surface area (Å²) in [5.74, 6) is 1.43. The first-order valence-corrected chi connectivity index (χ1v) is 10.7. The van der Waals surface area contributed by atoms with Crippen LogP contribution in [0.1, 0.15) is 51.1 Å². The number of rotatable bonds is 12. The molecule has 0 unspecified atom stereocenters. The first-order chi connectivity index (χ1) is 14.4. The number of oxazole rings is 1. The zero-order valence-corrected chi connectivity index (χ0v) is 17.3. The third kappa shape index (κ3) is 6.72. The lowest BCUT2D eigenvalue weighted by molar-refractivity contribution is 0.117. The van der Waals surface area contributed by atoms with Gasteiger partial charge in [0.05, 0.1) is 6.61 Å². The highest BCUT2D eigenvalue weighted by Crippen LogP contribution is 2.30. The summed E-state index contributed by atoms with van der Waals surface area (Å²) in [5, 5.41) is 0. The zero-order valence-electron chi connectivity index (χ0n) is 17.3. The summed E-state index contributed by atoms with van der Waals surface area (Å²) >= 11 is 0. The van der Waals surface area contributed by atoms with Crippen LogP contribution in [0.2, 0.25) is 0 Å². The lowest BCUT2D eigenvalue weighted by Crippen LogP contribution is -1.97. The number of nitrogens with zero attached hydrogens (tertiary/aromatic N) is 1. The standard InChI is InChI=1S/C26H31NO2/c1-2-3-4-5-6-7-8-15-20-28-21-24-25(22-16-11-9-12-17-22)29-26(27-24)23-18-13-10-14-19-23/h6-7,9-14,16-19H,2-5,8,15,20-21H2,1H3/b7-6+. The van der Waals surface area contributed by atoms with E-state index in [0.717, 1.165) is 42.0 Å². The van der Waals surface area contributed by atoms with E-state index in [1.807, 2.05) is 60.7 Å². The molecule has 2 aromatic carbocycles. The van der Waals surface area contributed by atoms with E-state index in [2.05, 4.69) is 19.1 Å². The van der Waals surface area contributed by atoms with Crippen LogP contribution in [0.3, 0.4) is 0 Å². The predicted octanol–water partition coefficient (Wildman–Crippen LogP) is 7.44. The van der Waals surface area contributed by atoms with Gasteiger partial charge in [0.15, 0.2) is 5.76 Å². The van der Waals surface area contributed by atoms with Gasteiger partial charge in [-0.2, -0.15) is 0 Å². The van der Waals surface area contributed by atoms with Gasteiger partial charge in [0, 0.05) is 17.7 Å². The maximum atomic E-state index is 6.13. The van der Waals surface area contributed by atoms with Crippen molar-refractivity contribution < 1.29 is 9.15 Å². The predicted molar refractivity (Wildman–Crippen MR) is 120 cm³/mol. The first-order valence-electron chi connectivity index (χ1n) is 10.7. The third-order valence-electron chi connectivity index (χ3n) is 4.79. The molecule has 0 atom stereocenters. The summed E-state index contributed by atoms with van der Waals surface area (Å²) in [6, 6.07) is 20.1. The van der Waals surface area contributed by atoms with Crippen LogP contribution < -0.4 is 0 Å². The van der Waals surface area contributed by atoms with Gasteiger partial charge in [-0.15, -0.1) is 0 Å². The highest BCUT2D eigenvalue weighted by atomic mass is 16.5. The smallest absolute Gasteiger partial charge is 0.227 e. The maximum Gasteiger partial charge on any atom is 0.227 e.